The van der Waals surface area contributed by atoms with Gasteiger partial charge in [-0.15, -0.1) is 5.10 Å². The molecule has 3 aromatic heterocycles. The molecule has 0 radical (unpaired) electrons. The molecule has 112 valence electrons. The smallest absolute Gasteiger partial charge is 0.280 e. The predicted molar refractivity (Wildman–Crippen MR) is 74.6 cm³/mol. The molecular weight excluding hydrogens is 286 g/mol. The van der Waals surface area contributed by atoms with E-state index in [1.807, 2.05) is 0 Å². The number of carbonyl (C=O) groups excluding carboxylic acids is 1. The molecule has 0 aliphatic carbocycles. The molecule has 1 amide bonds. The van der Waals surface area contributed by atoms with E-state index in [0.717, 1.165) is 0 Å². The molecule has 1 N–H and O–H groups in total. The fourth-order valence-electron chi connectivity index (χ4n) is 1.80. The van der Waals surface area contributed by atoms with Gasteiger partial charge in [0.1, 0.15) is 0 Å². The summed E-state index contributed by atoms with van der Waals surface area (Å²) in [6.07, 6.45) is 4.83. The van der Waals surface area contributed by atoms with Gasteiger partial charge in [-0.3, -0.25) is 9.78 Å². The molecule has 0 aliphatic heterocycles. The minimum Gasteiger partial charge on any atom is -0.350 e. The first-order chi connectivity index (χ1) is 10.7. The van der Waals surface area contributed by atoms with Crippen LogP contribution in [0.4, 0.5) is 0 Å². The van der Waals surface area contributed by atoms with Gasteiger partial charge >= 0.3 is 0 Å². The topological polar surface area (TPSA) is 112 Å². The summed E-state index contributed by atoms with van der Waals surface area (Å²) >= 11 is 0. The average Bonchev–Trinajstić information content (AvgIpc) is 3.17. The highest BCUT2D eigenvalue weighted by molar-refractivity contribution is 5.93. The Labute approximate surface area is 125 Å². The normalized spacial score (nSPS) is 10.6. The van der Waals surface area contributed by atoms with E-state index >= 15 is 0 Å². The lowest BCUT2D eigenvalue weighted by Crippen LogP contribution is -2.27. The zero-order valence-corrected chi connectivity index (χ0v) is 11.8. The Morgan fingerprint density at radius 2 is 2.18 bits per heavy atom. The molecule has 22 heavy (non-hydrogen) atoms. The Kier molecular flexibility index (Phi) is 3.86. The first-order valence-electron chi connectivity index (χ1n) is 6.61. The standard InChI is InChI=1S/C13H13N7O2/c1-9-16-13(22-18-9)11-8-20(19-17-11)7-6-15-12(21)10-2-4-14-5-3-10/h2-5,8H,6-7H2,1H3,(H,15,21). The molecule has 0 spiro atoms. The van der Waals surface area contributed by atoms with E-state index < -0.39 is 0 Å². The Morgan fingerprint density at radius 1 is 1.36 bits per heavy atom. The lowest BCUT2D eigenvalue weighted by atomic mass is 10.2. The molecule has 0 bridgehead atoms. The second-order valence-corrected chi connectivity index (χ2v) is 4.51. The Hall–Kier alpha value is -3.10. The third-order valence-corrected chi connectivity index (χ3v) is 2.85. The van der Waals surface area contributed by atoms with Crippen LogP contribution in [0.25, 0.3) is 11.6 Å². The Balaban J connectivity index is 1.54. The minimum absolute atomic E-state index is 0.157. The number of hydrogen-bond donors (Lipinski definition) is 1. The number of aromatic nitrogens is 6. The number of nitrogens with zero attached hydrogens (tertiary/aromatic N) is 6. The molecule has 0 atom stereocenters. The lowest BCUT2D eigenvalue weighted by molar-refractivity contribution is 0.0951. The van der Waals surface area contributed by atoms with Gasteiger partial charge in [0, 0.05) is 24.5 Å². The largest absolute Gasteiger partial charge is 0.350 e. The molecule has 0 fully saturated rings. The maximum Gasteiger partial charge on any atom is 0.280 e. The van der Waals surface area contributed by atoms with Gasteiger partial charge in [0.2, 0.25) is 0 Å². The van der Waals surface area contributed by atoms with Gasteiger partial charge in [0.05, 0.1) is 12.7 Å². The molecule has 0 unspecified atom stereocenters. The van der Waals surface area contributed by atoms with Crippen molar-refractivity contribution in [1.82, 2.24) is 35.4 Å². The van der Waals surface area contributed by atoms with Crippen LogP contribution in [0.3, 0.4) is 0 Å². The van der Waals surface area contributed by atoms with Crippen LogP contribution < -0.4 is 5.32 Å². The van der Waals surface area contributed by atoms with Crippen molar-refractivity contribution in [2.24, 2.45) is 0 Å². The van der Waals surface area contributed by atoms with Crippen LogP contribution in [-0.2, 0) is 6.54 Å². The van der Waals surface area contributed by atoms with Crippen LogP contribution in [0.15, 0.2) is 35.2 Å². The maximum absolute atomic E-state index is 11.8. The zero-order valence-electron chi connectivity index (χ0n) is 11.8. The van der Waals surface area contributed by atoms with E-state index in [9.17, 15) is 4.79 Å². The lowest BCUT2D eigenvalue weighted by Gasteiger charge is -2.04. The minimum atomic E-state index is -0.157. The molecular formula is C13H13N7O2. The van der Waals surface area contributed by atoms with E-state index in [2.05, 4.69) is 30.8 Å². The third kappa shape index (κ3) is 3.14. The molecule has 9 heteroatoms. The van der Waals surface area contributed by atoms with Crippen molar-refractivity contribution in [3.8, 4) is 11.6 Å². The van der Waals surface area contributed by atoms with Crippen molar-refractivity contribution in [2.45, 2.75) is 13.5 Å². The first kappa shape index (κ1) is 13.9. The van der Waals surface area contributed by atoms with Gasteiger partial charge in [-0.05, 0) is 19.1 Å². The Morgan fingerprint density at radius 3 is 2.91 bits per heavy atom. The second kappa shape index (κ2) is 6.12. The maximum atomic E-state index is 11.8. The second-order valence-electron chi connectivity index (χ2n) is 4.51. The average molecular weight is 299 g/mol. The number of aryl methyl sites for hydroxylation is 1. The highest BCUT2D eigenvalue weighted by atomic mass is 16.5. The van der Waals surface area contributed by atoms with Crippen LogP contribution in [0, 0.1) is 6.92 Å². The summed E-state index contributed by atoms with van der Waals surface area (Å²) in [5.41, 5.74) is 1.07. The number of pyridine rings is 1. The summed E-state index contributed by atoms with van der Waals surface area (Å²) in [7, 11) is 0. The highest BCUT2D eigenvalue weighted by Gasteiger charge is 2.11. The van der Waals surface area contributed by atoms with E-state index in [1.165, 1.54) is 0 Å². The van der Waals surface area contributed by atoms with E-state index in [4.69, 9.17) is 4.52 Å². The van der Waals surface area contributed by atoms with Crippen molar-refractivity contribution < 1.29 is 9.32 Å². The van der Waals surface area contributed by atoms with Crippen LogP contribution >= 0.6 is 0 Å². The van der Waals surface area contributed by atoms with Crippen molar-refractivity contribution >= 4 is 5.91 Å². The van der Waals surface area contributed by atoms with Crippen molar-refractivity contribution in [3.63, 3.8) is 0 Å². The molecule has 3 aromatic rings. The quantitative estimate of drug-likeness (QED) is 0.728. The fourth-order valence-corrected chi connectivity index (χ4v) is 1.80. The molecule has 9 nitrogen and oxygen atoms in total. The number of hydrogen-bond acceptors (Lipinski definition) is 7. The molecule has 0 saturated carbocycles. The van der Waals surface area contributed by atoms with Crippen molar-refractivity contribution in [1.29, 1.82) is 0 Å². The number of amides is 1. The summed E-state index contributed by atoms with van der Waals surface area (Å²) < 4.78 is 6.61. The van der Waals surface area contributed by atoms with Gasteiger partial charge < -0.3 is 9.84 Å². The molecule has 0 saturated heterocycles. The van der Waals surface area contributed by atoms with Crippen LogP contribution in [-0.4, -0.2) is 42.6 Å². The number of nitrogens with one attached hydrogen (secondary N) is 1. The van der Waals surface area contributed by atoms with Crippen LogP contribution in [0.5, 0.6) is 0 Å². The van der Waals surface area contributed by atoms with Gasteiger partial charge in [-0.25, -0.2) is 4.68 Å². The van der Waals surface area contributed by atoms with Crippen molar-refractivity contribution in [3.05, 3.63) is 42.1 Å². The zero-order chi connectivity index (χ0) is 15.4. The van der Waals surface area contributed by atoms with Crippen LogP contribution in [0.2, 0.25) is 0 Å². The van der Waals surface area contributed by atoms with Gasteiger partial charge in [0.25, 0.3) is 11.8 Å². The monoisotopic (exact) mass is 299 g/mol. The van der Waals surface area contributed by atoms with Gasteiger partial charge in [-0.1, -0.05) is 10.4 Å². The summed E-state index contributed by atoms with van der Waals surface area (Å²) in [6.45, 7) is 2.63. The fraction of sp³-hybridized carbons (Fsp3) is 0.231. The van der Waals surface area contributed by atoms with E-state index in [1.54, 1.807) is 42.3 Å². The highest BCUT2D eigenvalue weighted by Crippen LogP contribution is 2.12. The summed E-state index contributed by atoms with van der Waals surface area (Å²) in [4.78, 5) is 19.8. The molecule has 3 heterocycles. The van der Waals surface area contributed by atoms with Crippen molar-refractivity contribution in [2.75, 3.05) is 6.54 Å². The summed E-state index contributed by atoms with van der Waals surface area (Å²) in [6, 6.07) is 3.31. The molecule has 0 aliphatic rings. The van der Waals surface area contributed by atoms with Gasteiger partial charge in [-0.2, -0.15) is 4.98 Å². The number of rotatable bonds is 5. The Bertz CT molecular complexity index is 766. The summed E-state index contributed by atoms with van der Waals surface area (Å²) in [5.74, 6) is 0.703. The molecule has 3 rings (SSSR count). The number of carbonyl (C=O) groups is 1. The first-order valence-corrected chi connectivity index (χ1v) is 6.61. The predicted octanol–water partition coefficient (Wildman–Crippen LogP) is 0.462. The van der Waals surface area contributed by atoms with Crippen LogP contribution in [0.1, 0.15) is 16.2 Å². The van der Waals surface area contributed by atoms with Gasteiger partial charge in [0.15, 0.2) is 11.5 Å². The summed E-state index contributed by atoms with van der Waals surface area (Å²) in [5, 5.41) is 14.4. The van der Waals surface area contributed by atoms with E-state index in [0.29, 0.717) is 36.1 Å². The van der Waals surface area contributed by atoms with E-state index in [-0.39, 0.29) is 5.91 Å². The third-order valence-electron chi connectivity index (χ3n) is 2.85. The molecule has 0 aromatic carbocycles. The SMILES string of the molecule is Cc1noc(-c2cn(CCNC(=O)c3ccncc3)nn2)n1.